The number of nitrogens with one attached hydrogen (secondary N) is 1. The second-order valence-corrected chi connectivity index (χ2v) is 6.21. The lowest BCUT2D eigenvalue weighted by Gasteiger charge is -2.11. The van der Waals surface area contributed by atoms with Crippen LogP contribution in [0, 0.1) is 12.8 Å². The van der Waals surface area contributed by atoms with Crippen LogP contribution in [0.3, 0.4) is 0 Å². The molecule has 0 spiro atoms. The molecule has 0 aliphatic heterocycles. The van der Waals surface area contributed by atoms with Gasteiger partial charge in [-0.3, -0.25) is 9.48 Å². The summed E-state index contributed by atoms with van der Waals surface area (Å²) >= 11 is 0. The molecule has 4 heteroatoms. The van der Waals surface area contributed by atoms with Crippen LogP contribution in [-0.4, -0.2) is 15.7 Å². The first-order chi connectivity index (χ1) is 10.6. The van der Waals surface area contributed by atoms with E-state index in [1.807, 2.05) is 32.2 Å². The molecule has 22 heavy (non-hydrogen) atoms. The minimum atomic E-state index is -0.0831. The van der Waals surface area contributed by atoms with Gasteiger partial charge < -0.3 is 5.32 Å². The molecule has 1 amide bonds. The second-order valence-electron chi connectivity index (χ2n) is 6.21. The zero-order valence-corrected chi connectivity index (χ0v) is 13.3. The van der Waals surface area contributed by atoms with Gasteiger partial charge in [-0.15, -0.1) is 0 Å². The fraction of sp³-hybridized carbons (Fsp3) is 0.444. The molecule has 4 nitrogen and oxygen atoms in total. The van der Waals surface area contributed by atoms with Crippen molar-refractivity contribution < 1.29 is 4.79 Å². The van der Waals surface area contributed by atoms with Gasteiger partial charge in [0, 0.05) is 18.4 Å². The third kappa shape index (κ3) is 3.38. The molecule has 1 aromatic heterocycles. The number of para-hydroxylation sites is 1. The standard InChI is InChI=1S/C18H23N3O/c1-13-16(12-19-21(13)2)18(22)20-17-9-4-3-7-15(17)8-5-6-14-10-11-14/h3-4,7,9,12,14H,5-6,8,10-11H2,1-2H3,(H,20,22). The molecule has 2 aromatic rings. The number of anilines is 1. The van der Waals surface area contributed by atoms with Gasteiger partial charge in [0.15, 0.2) is 0 Å². The SMILES string of the molecule is Cc1c(C(=O)Nc2ccccc2CCCC2CC2)cnn1C. The topological polar surface area (TPSA) is 46.9 Å². The number of hydrogen-bond acceptors (Lipinski definition) is 2. The fourth-order valence-corrected chi connectivity index (χ4v) is 2.76. The Hall–Kier alpha value is -2.10. The summed E-state index contributed by atoms with van der Waals surface area (Å²) < 4.78 is 1.72. The van der Waals surface area contributed by atoms with Gasteiger partial charge in [-0.25, -0.2) is 0 Å². The van der Waals surface area contributed by atoms with Crippen molar-refractivity contribution in [2.75, 3.05) is 5.32 Å². The Kier molecular flexibility index (Phi) is 4.27. The van der Waals surface area contributed by atoms with Crippen molar-refractivity contribution in [1.82, 2.24) is 9.78 Å². The Labute approximate surface area is 131 Å². The van der Waals surface area contributed by atoms with E-state index in [0.717, 1.165) is 23.7 Å². The summed E-state index contributed by atoms with van der Waals surface area (Å²) in [5.41, 5.74) is 3.66. The van der Waals surface area contributed by atoms with Crippen LogP contribution in [-0.2, 0) is 13.5 Å². The molecule has 1 fully saturated rings. The predicted octanol–water partition coefficient (Wildman–Crippen LogP) is 3.71. The lowest BCUT2D eigenvalue weighted by molar-refractivity contribution is 0.102. The summed E-state index contributed by atoms with van der Waals surface area (Å²) in [7, 11) is 1.85. The first-order valence-electron chi connectivity index (χ1n) is 8.03. The van der Waals surface area contributed by atoms with Crippen molar-refractivity contribution in [3.8, 4) is 0 Å². The molecule has 1 aromatic carbocycles. The van der Waals surface area contributed by atoms with Gasteiger partial charge in [-0.05, 0) is 37.3 Å². The number of rotatable bonds is 6. The highest BCUT2D eigenvalue weighted by Crippen LogP contribution is 2.34. The Morgan fingerprint density at radius 2 is 2.14 bits per heavy atom. The number of carbonyl (C=O) groups excluding carboxylic acids is 1. The van der Waals surface area contributed by atoms with Gasteiger partial charge in [0.25, 0.3) is 5.91 Å². The highest BCUT2D eigenvalue weighted by molar-refractivity contribution is 6.05. The summed E-state index contributed by atoms with van der Waals surface area (Å²) in [6.45, 7) is 1.91. The molecule has 116 valence electrons. The van der Waals surface area contributed by atoms with E-state index in [1.54, 1.807) is 10.9 Å². The average Bonchev–Trinajstić information content (AvgIpc) is 3.27. The van der Waals surface area contributed by atoms with Gasteiger partial charge in [-0.1, -0.05) is 37.5 Å². The quantitative estimate of drug-likeness (QED) is 0.883. The summed E-state index contributed by atoms with van der Waals surface area (Å²) in [5, 5.41) is 7.18. The molecule has 1 saturated carbocycles. The lowest BCUT2D eigenvalue weighted by atomic mass is 10.0. The summed E-state index contributed by atoms with van der Waals surface area (Å²) in [6.07, 6.45) is 7.96. The highest BCUT2D eigenvalue weighted by Gasteiger charge is 2.20. The number of carbonyl (C=O) groups is 1. The molecule has 1 aliphatic rings. The number of nitrogens with zero attached hydrogens (tertiary/aromatic N) is 2. The van der Waals surface area contributed by atoms with Gasteiger partial charge in [0.2, 0.25) is 0 Å². The minimum Gasteiger partial charge on any atom is -0.322 e. The van der Waals surface area contributed by atoms with Crippen LogP contribution >= 0.6 is 0 Å². The van der Waals surface area contributed by atoms with Crippen LogP contribution < -0.4 is 5.32 Å². The monoisotopic (exact) mass is 297 g/mol. The summed E-state index contributed by atoms with van der Waals surface area (Å²) in [6, 6.07) is 8.10. The van der Waals surface area contributed by atoms with Crippen molar-refractivity contribution in [2.45, 2.75) is 39.0 Å². The van der Waals surface area contributed by atoms with Gasteiger partial charge in [0.1, 0.15) is 0 Å². The molecular weight excluding hydrogens is 274 g/mol. The smallest absolute Gasteiger partial charge is 0.259 e. The summed E-state index contributed by atoms with van der Waals surface area (Å²) in [5.74, 6) is 0.875. The molecule has 1 heterocycles. The van der Waals surface area contributed by atoms with Gasteiger partial charge in [0.05, 0.1) is 11.8 Å². The number of aromatic nitrogens is 2. The molecular formula is C18H23N3O. The Balaban J connectivity index is 1.68. The maximum Gasteiger partial charge on any atom is 0.259 e. The molecule has 0 saturated heterocycles. The minimum absolute atomic E-state index is 0.0831. The third-order valence-electron chi connectivity index (χ3n) is 4.50. The predicted molar refractivity (Wildman–Crippen MR) is 88.0 cm³/mol. The van der Waals surface area contributed by atoms with Crippen LogP contribution in [0.4, 0.5) is 5.69 Å². The number of amides is 1. The van der Waals surface area contributed by atoms with Crippen molar-refractivity contribution in [3.63, 3.8) is 0 Å². The maximum absolute atomic E-state index is 12.4. The van der Waals surface area contributed by atoms with Crippen molar-refractivity contribution >= 4 is 11.6 Å². The Morgan fingerprint density at radius 3 is 2.82 bits per heavy atom. The molecule has 1 N–H and O–H groups in total. The number of benzene rings is 1. The maximum atomic E-state index is 12.4. The zero-order chi connectivity index (χ0) is 15.5. The highest BCUT2D eigenvalue weighted by atomic mass is 16.1. The van der Waals surface area contributed by atoms with Gasteiger partial charge >= 0.3 is 0 Å². The van der Waals surface area contributed by atoms with E-state index in [0.29, 0.717) is 5.56 Å². The average molecular weight is 297 g/mol. The van der Waals surface area contributed by atoms with Gasteiger partial charge in [-0.2, -0.15) is 5.10 Å². The van der Waals surface area contributed by atoms with Crippen molar-refractivity contribution in [2.24, 2.45) is 13.0 Å². The Morgan fingerprint density at radius 1 is 1.36 bits per heavy atom. The molecule has 0 atom stereocenters. The van der Waals surface area contributed by atoms with E-state index < -0.39 is 0 Å². The second kappa shape index (κ2) is 6.34. The number of aryl methyl sites for hydroxylation is 2. The Bertz CT molecular complexity index is 671. The largest absolute Gasteiger partial charge is 0.322 e. The van der Waals surface area contributed by atoms with Crippen LogP contribution in [0.15, 0.2) is 30.5 Å². The van der Waals surface area contributed by atoms with E-state index in [2.05, 4.69) is 16.5 Å². The molecule has 0 radical (unpaired) electrons. The van der Waals surface area contributed by atoms with E-state index in [1.165, 1.54) is 31.2 Å². The first-order valence-corrected chi connectivity index (χ1v) is 8.03. The van der Waals surface area contributed by atoms with E-state index in [4.69, 9.17) is 0 Å². The van der Waals surface area contributed by atoms with Crippen LogP contribution in [0.5, 0.6) is 0 Å². The molecule has 0 bridgehead atoms. The normalized spacial score (nSPS) is 14.1. The van der Waals surface area contributed by atoms with Crippen LogP contribution in [0.25, 0.3) is 0 Å². The molecule has 0 unspecified atom stereocenters. The molecule has 1 aliphatic carbocycles. The van der Waals surface area contributed by atoms with Crippen LogP contribution in [0.2, 0.25) is 0 Å². The third-order valence-corrected chi connectivity index (χ3v) is 4.50. The number of hydrogen-bond donors (Lipinski definition) is 1. The lowest BCUT2D eigenvalue weighted by Crippen LogP contribution is -2.14. The van der Waals surface area contributed by atoms with Crippen molar-refractivity contribution in [3.05, 3.63) is 47.3 Å². The summed E-state index contributed by atoms with van der Waals surface area (Å²) in [4.78, 5) is 12.4. The zero-order valence-electron chi connectivity index (χ0n) is 13.3. The van der Waals surface area contributed by atoms with Crippen LogP contribution in [0.1, 0.15) is 47.3 Å². The van der Waals surface area contributed by atoms with Crippen molar-refractivity contribution in [1.29, 1.82) is 0 Å². The molecule has 3 rings (SSSR count). The first kappa shape index (κ1) is 14.8. The van der Waals surface area contributed by atoms with E-state index in [-0.39, 0.29) is 5.91 Å². The van der Waals surface area contributed by atoms with E-state index >= 15 is 0 Å². The van der Waals surface area contributed by atoms with E-state index in [9.17, 15) is 4.79 Å². The fourth-order valence-electron chi connectivity index (χ4n) is 2.76.